The molecule has 8 heteroatoms. The average molecular weight is 308 g/mol. The van der Waals surface area contributed by atoms with E-state index in [1.54, 1.807) is 0 Å². The third-order valence-electron chi connectivity index (χ3n) is 2.40. The lowest BCUT2D eigenvalue weighted by Gasteiger charge is -2.10. The number of furan rings is 1. The molecule has 1 aromatic heterocycles. The third kappa shape index (κ3) is 2.93. The van der Waals surface area contributed by atoms with E-state index in [2.05, 4.69) is 4.42 Å². The fraction of sp³-hybridized carbons (Fsp3) is 0.0833. The summed E-state index contributed by atoms with van der Waals surface area (Å²) in [7, 11) is 0. The molecule has 0 bridgehead atoms. The fourth-order valence-corrected chi connectivity index (χ4v) is 1.64. The van der Waals surface area contributed by atoms with Crippen molar-refractivity contribution in [1.82, 2.24) is 0 Å². The van der Waals surface area contributed by atoms with E-state index in [0.717, 1.165) is 6.26 Å². The van der Waals surface area contributed by atoms with Gasteiger partial charge < -0.3 is 9.73 Å². The summed E-state index contributed by atoms with van der Waals surface area (Å²) in [6, 6.07) is 2.91. The van der Waals surface area contributed by atoms with Crippen LogP contribution in [0.5, 0.6) is 0 Å². The first-order valence-corrected chi connectivity index (χ1v) is 5.58. The summed E-state index contributed by atoms with van der Waals surface area (Å²) in [4.78, 5) is 11.7. The molecule has 106 valence electrons. The Morgan fingerprint density at radius 2 is 1.95 bits per heavy atom. The van der Waals surface area contributed by atoms with Crippen LogP contribution in [0.3, 0.4) is 0 Å². The molecule has 0 spiro atoms. The van der Waals surface area contributed by atoms with Crippen LogP contribution in [0.4, 0.5) is 23.2 Å². The largest absolute Gasteiger partial charge is 0.452 e. The van der Waals surface area contributed by atoms with E-state index in [-0.39, 0.29) is 10.8 Å². The van der Waals surface area contributed by atoms with Crippen LogP contribution in [0.15, 0.2) is 34.9 Å². The van der Waals surface area contributed by atoms with Crippen LogP contribution in [-0.4, -0.2) is 5.91 Å². The zero-order chi connectivity index (χ0) is 14.9. The van der Waals surface area contributed by atoms with Crippen LogP contribution >= 0.6 is 11.6 Å². The number of alkyl halides is 3. The molecule has 1 amide bonds. The zero-order valence-electron chi connectivity index (χ0n) is 9.59. The second-order valence-electron chi connectivity index (χ2n) is 3.75. The minimum atomic E-state index is -4.64. The average Bonchev–Trinajstić information content (AvgIpc) is 2.77. The highest BCUT2D eigenvalue weighted by molar-refractivity contribution is 6.32. The number of amides is 1. The van der Waals surface area contributed by atoms with Gasteiger partial charge in [-0.2, -0.15) is 13.2 Å². The second-order valence-corrected chi connectivity index (χ2v) is 4.10. The first kappa shape index (κ1) is 14.4. The highest BCUT2D eigenvalue weighted by atomic mass is 35.5. The van der Waals surface area contributed by atoms with Gasteiger partial charge >= 0.3 is 6.18 Å². The number of carbonyl (C=O) groups excluding carboxylic acids is 1. The Hall–Kier alpha value is -2.02. The number of carbonyl (C=O) groups is 1. The van der Waals surface area contributed by atoms with Crippen LogP contribution < -0.4 is 5.32 Å². The number of nitrogens with one attached hydrogen (secondary N) is 1. The molecule has 2 aromatic rings. The molecule has 0 atom stereocenters. The number of rotatable bonds is 2. The van der Waals surface area contributed by atoms with Gasteiger partial charge in [-0.3, -0.25) is 4.79 Å². The molecule has 0 aliphatic carbocycles. The lowest BCUT2D eigenvalue weighted by Crippen LogP contribution is -2.14. The van der Waals surface area contributed by atoms with E-state index in [9.17, 15) is 22.4 Å². The van der Waals surface area contributed by atoms with E-state index in [4.69, 9.17) is 11.6 Å². The van der Waals surface area contributed by atoms with Gasteiger partial charge in [0.25, 0.3) is 5.91 Å². The van der Waals surface area contributed by atoms with Crippen LogP contribution in [-0.2, 0) is 6.18 Å². The van der Waals surface area contributed by atoms with E-state index in [1.807, 2.05) is 5.32 Å². The summed E-state index contributed by atoms with van der Waals surface area (Å²) in [5.41, 5.74) is -1.78. The Bertz CT molecular complexity index is 651. The minimum absolute atomic E-state index is 0.108. The monoisotopic (exact) mass is 307 g/mol. The summed E-state index contributed by atoms with van der Waals surface area (Å²) < 4.78 is 55.6. The van der Waals surface area contributed by atoms with E-state index < -0.39 is 29.2 Å². The first-order valence-electron chi connectivity index (χ1n) is 5.20. The minimum Gasteiger partial charge on any atom is -0.452 e. The van der Waals surface area contributed by atoms with Crippen molar-refractivity contribution < 1.29 is 26.8 Å². The van der Waals surface area contributed by atoms with Gasteiger partial charge in [0.15, 0.2) is 0 Å². The van der Waals surface area contributed by atoms with Crippen molar-refractivity contribution in [1.29, 1.82) is 0 Å². The predicted octanol–water partition coefficient (Wildman–Crippen LogP) is 4.34. The third-order valence-corrected chi connectivity index (χ3v) is 2.70. The molecule has 0 unspecified atom stereocenters. The summed E-state index contributed by atoms with van der Waals surface area (Å²) in [6.45, 7) is 0. The molecule has 0 aliphatic rings. The standard InChI is InChI=1S/C12H6ClF4NO2/c13-10-7(3-4-20-10)11(19)18-9-5-6(12(15,16)17)1-2-8(9)14/h1-5H,(H,18,19). The second kappa shape index (κ2) is 5.16. The molecule has 0 fully saturated rings. The normalized spacial score (nSPS) is 11.4. The van der Waals surface area contributed by atoms with Gasteiger partial charge in [-0.25, -0.2) is 4.39 Å². The molecule has 20 heavy (non-hydrogen) atoms. The Balaban J connectivity index is 2.30. The molecule has 0 radical (unpaired) electrons. The van der Waals surface area contributed by atoms with Crippen molar-refractivity contribution in [3.05, 3.63) is 52.7 Å². The smallest absolute Gasteiger partial charge is 0.416 e. The quantitative estimate of drug-likeness (QED) is 0.838. The number of hydrogen-bond donors (Lipinski definition) is 1. The lowest BCUT2D eigenvalue weighted by atomic mass is 10.2. The summed E-state index contributed by atoms with van der Waals surface area (Å²) in [5, 5.41) is 1.77. The number of benzene rings is 1. The predicted molar refractivity (Wildman–Crippen MR) is 63.1 cm³/mol. The van der Waals surface area contributed by atoms with Crippen molar-refractivity contribution in [2.24, 2.45) is 0 Å². The van der Waals surface area contributed by atoms with Gasteiger partial charge in [0.2, 0.25) is 5.22 Å². The maximum atomic E-state index is 13.4. The Kier molecular flexibility index (Phi) is 3.71. The molecular weight excluding hydrogens is 302 g/mol. The van der Waals surface area contributed by atoms with Crippen molar-refractivity contribution in [2.75, 3.05) is 5.32 Å². The molecule has 1 N–H and O–H groups in total. The SMILES string of the molecule is O=C(Nc1cc(C(F)(F)F)ccc1F)c1ccoc1Cl. The topological polar surface area (TPSA) is 42.2 Å². The molecule has 0 saturated carbocycles. The number of hydrogen-bond acceptors (Lipinski definition) is 2. The van der Waals surface area contributed by atoms with Crippen LogP contribution in [0.25, 0.3) is 0 Å². The van der Waals surface area contributed by atoms with Crippen molar-refractivity contribution in [3.63, 3.8) is 0 Å². The highest BCUT2D eigenvalue weighted by Gasteiger charge is 2.31. The maximum Gasteiger partial charge on any atom is 0.416 e. The molecule has 3 nitrogen and oxygen atoms in total. The summed E-state index contributed by atoms with van der Waals surface area (Å²) >= 11 is 5.54. The van der Waals surface area contributed by atoms with Gasteiger partial charge in [0.1, 0.15) is 5.82 Å². The Morgan fingerprint density at radius 1 is 1.25 bits per heavy atom. The van der Waals surface area contributed by atoms with Crippen molar-refractivity contribution >= 4 is 23.2 Å². The zero-order valence-corrected chi connectivity index (χ0v) is 10.3. The molecule has 2 rings (SSSR count). The molecular formula is C12H6ClF4NO2. The van der Waals surface area contributed by atoms with E-state index >= 15 is 0 Å². The fourth-order valence-electron chi connectivity index (χ4n) is 1.44. The molecule has 1 heterocycles. The van der Waals surface area contributed by atoms with Crippen LogP contribution in [0.2, 0.25) is 5.22 Å². The lowest BCUT2D eigenvalue weighted by molar-refractivity contribution is -0.137. The van der Waals surface area contributed by atoms with E-state index in [1.165, 1.54) is 6.07 Å². The van der Waals surface area contributed by atoms with Gasteiger partial charge in [-0.05, 0) is 35.9 Å². The highest BCUT2D eigenvalue weighted by Crippen LogP contribution is 2.32. The molecule has 0 aliphatic heterocycles. The number of halogens is 5. The van der Waals surface area contributed by atoms with Gasteiger partial charge in [-0.1, -0.05) is 0 Å². The number of anilines is 1. The van der Waals surface area contributed by atoms with Crippen molar-refractivity contribution in [3.8, 4) is 0 Å². The summed E-state index contributed by atoms with van der Waals surface area (Å²) in [6.07, 6.45) is -3.51. The van der Waals surface area contributed by atoms with Gasteiger partial charge in [-0.15, -0.1) is 0 Å². The molecule has 1 aromatic carbocycles. The van der Waals surface area contributed by atoms with E-state index in [0.29, 0.717) is 18.2 Å². The first-order chi connectivity index (χ1) is 9.29. The molecule has 0 saturated heterocycles. The summed E-state index contributed by atoms with van der Waals surface area (Å²) in [5.74, 6) is -1.87. The van der Waals surface area contributed by atoms with Gasteiger partial charge in [0, 0.05) is 0 Å². The Morgan fingerprint density at radius 3 is 2.50 bits per heavy atom. The van der Waals surface area contributed by atoms with Crippen molar-refractivity contribution in [2.45, 2.75) is 6.18 Å². The van der Waals surface area contributed by atoms with Crippen LogP contribution in [0, 0.1) is 5.82 Å². The maximum absolute atomic E-state index is 13.4. The van der Waals surface area contributed by atoms with Gasteiger partial charge in [0.05, 0.1) is 23.1 Å². The van der Waals surface area contributed by atoms with Crippen LogP contribution in [0.1, 0.15) is 15.9 Å². The Labute approximate surface area is 115 Å².